The minimum Gasteiger partial charge on any atom is -0.496 e. The van der Waals surface area contributed by atoms with Crippen LogP contribution in [-0.4, -0.2) is 57.9 Å². The van der Waals surface area contributed by atoms with E-state index in [0.29, 0.717) is 48.8 Å². The van der Waals surface area contributed by atoms with Crippen LogP contribution in [0, 0.1) is 5.92 Å². The second-order valence-electron chi connectivity index (χ2n) is 7.16. The van der Waals surface area contributed by atoms with Crippen molar-refractivity contribution in [1.82, 2.24) is 9.62 Å². The molecule has 0 aromatic heterocycles. The molecule has 0 bridgehead atoms. The third-order valence-electron chi connectivity index (χ3n) is 5.13. The number of ketones is 1. The minimum atomic E-state index is -5.31. The molecule has 13 heteroatoms. The van der Waals surface area contributed by atoms with Gasteiger partial charge in [-0.1, -0.05) is 11.6 Å². The molecular weight excluding hydrogens is 482 g/mol. The van der Waals surface area contributed by atoms with Crippen LogP contribution in [0.2, 0.25) is 5.02 Å². The quantitative estimate of drug-likeness (QED) is 0.392. The number of alkyl halides is 3. The Kier molecular flexibility index (Phi) is 10.3. The summed E-state index contributed by atoms with van der Waals surface area (Å²) in [4.78, 5) is 14.5. The lowest BCUT2D eigenvalue weighted by Gasteiger charge is -2.31. The van der Waals surface area contributed by atoms with E-state index >= 15 is 0 Å². The number of rotatable bonds is 9. The lowest BCUT2D eigenvalue weighted by atomic mass is 9.90. The van der Waals surface area contributed by atoms with Gasteiger partial charge in [0, 0.05) is 25.6 Å². The van der Waals surface area contributed by atoms with Crippen LogP contribution in [0.3, 0.4) is 0 Å². The number of hydrogen-bond donors (Lipinski definition) is 2. The summed E-state index contributed by atoms with van der Waals surface area (Å²) in [5, 5.41) is 0.286. The van der Waals surface area contributed by atoms with Crippen LogP contribution in [0.15, 0.2) is 12.1 Å². The van der Waals surface area contributed by atoms with E-state index in [1.807, 2.05) is 4.90 Å². The number of nitrogen functional groups attached to an aromatic ring is 1. The van der Waals surface area contributed by atoms with Crippen LogP contribution in [0.1, 0.15) is 36.0 Å². The summed E-state index contributed by atoms with van der Waals surface area (Å²) in [6.45, 7) is 1.15. The van der Waals surface area contributed by atoms with Gasteiger partial charge in [-0.05, 0) is 44.3 Å². The van der Waals surface area contributed by atoms with E-state index in [1.54, 1.807) is 4.72 Å². The number of carbonyl (C=O) groups excluding carboxylic acids is 1. The van der Waals surface area contributed by atoms with Gasteiger partial charge < -0.3 is 15.4 Å². The highest BCUT2D eigenvalue weighted by Gasteiger charge is 2.45. The highest BCUT2D eigenvalue weighted by atomic mass is 35.5. The maximum atomic E-state index is 12.6. The Balaban J connectivity index is 0.00000480. The van der Waals surface area contributed by atoms with Crippen molar-refractivity contribution in [3.8, 4) is 5.75 Å². The maximum absolute atomic E-state index is 12.6. The van der Waals surface area contributed by atoms with Crippen LogP contribution in [0.4, 0.5) is 18.9 Å². The van der Waals surface area contributed by atoms with Gasteiger partial charge in [0.05, 0.1) is 23.4 Å². The molecule has 2 rings (SSSR count). The zero-order valence-electron chi connectivity index (χ0n) is 16.9. The van der Waals surface area contributed by atoms with Crippen molar-refractivity contribution < 1.29 is 31.1 Å². The van der Waals surface area contributed by atoms with Crippen molar-refractivity contribution in [2.75, 3.05) is 39.0 Å². The lowest BCUT2D eigenvalue weighted by Crippen LogP contribution is -2.43. The van der Waals surface area contributed by atoms with E-state index in [2.05, 4.69) is 0 Å². The predicted molar refractivity (Wildman–Crippen MR) is 115 cm³/mol. The number of methoxy groups -OCH3 is 1. The summed E-state index contributed by atoms with van der Waals surface area (Å²) in [5.74, 6) is 0.572. The van der Waals surface area contributed by atoms with Gasteiger partial charge in [0.25, 0.3) is 0 Å². The van der Waals surface area contributed by atoms with Gasteiger partial charge in [-0.2, -0.15) is 13.2 Å². The second kappa shape index (κ2) is 11.6. The zero-order chi connectivity index (χ0) is 22.5. The second-order valence-corrected chi connectivity index (χ2v) is 9.33. The monoisotopic (exact) mass is 507 g/mol. The number of ether oxygens (including phenoxy) is 1. The van der Waals surface area contributed by atoms with Crippen LogP contribution >= 0.6 is 24.0 Å². The molecule has 0 radical (unpaired) electrons. The lowest BCUT2D eigenvalue weighted by molar-refractivity contribution is -0.0448. The largest absolute Gasteiger partial charge is 0.511 e. The Morgan fingerprint density at radius 3 is 2.48 bits per heavy atom. The van der Waals surface area contributed by atoms with E-state index < -0.39 is 15.5 Å². The number of benzene rings is 1. The fourth-order valence-corrected chi connectivity index (χ4v) is 4.03. The number of nitrogens with two attached hydrogens (primary N) is 1. The standard InChI is InChI=1S/C18H25ClF3N3O4S.ClH/c1-29-17-11-15(23)14(19)10-13(17)16(26)3-2-12-4-7-25(8-5-12)9-6-24-30(27,28)18(20,21)22;/h10-12,24H,2-9,23H2,1H3;1H. The van der Waals surface area contributed by atoms with Gasteiger partial charge in [-0.15, -0.1) is 12.4 Å². The van der Waals surface area contributed by atoms with Gasteiger partial charge in [0.1, 0.15) is 5.75 Å². The van der Waals surface area contributed by atoms with Gasteiger partial charge in [-0.25, -0.2) is 13.1 Å². The fourth-order valence-electron chi connectivity index (χ4n) is 3.34. The van der Waals surface area contributed by atoms with Crippen molar-refractivity contribution in [2.24, 2.45) is 5.92 Å². The van der Waals surface area contributed by atoms with Crippen molar-refractivity contribution in [2.45, 2.75) is 31.2 Å². The molecule has 1 aliphatic heterocycles. The molecule has 0 spiro atoms. The first-order chi connectivity index (χ1) is 13.9. The number of hydrogen-bond acceptors (Lipinski definition) is 6. The number of carbonyl (C=O) groups is 1. The van der Waals surface area contributed by atoms with Gasteiger partial charge in [0.15, 0.2) is 5.78 Å². The summed E-state index contributed by atoms with van der Waals surface area (Å²) >= 11 is 6.00. The van der Waals surface area contributed by atoms with Crippen LogP contribution in [0.5, 0.6) is 5.75 Å². The average Bonchev–Trinajstić information content (AvgIpc) is 2.67. The molecule has 3 N–H and O–H groups in total. The SMILES string of the molecule is COc1cc(N)c(Cl)cc1C(=O)CCC1CCN(CCNS(=O)(=O)C(F)(F)F)CC1.Cl. The Bertz CT molecular complexity index is 861. The summed E-state index contributed by atoms with van der Waals surface area (Å²) in [6.07, 6.45) is 2.53. The highest BCUT2D eigenvalue weighted by molar-refractivity contribution is 7.90. The number of Topliss-reactive ketones (excluding diaryl/α,β-unsaturated/α-hetero) is 1. The highest BCUT2D eigenvalue weighted by Crippen LogP contribution is 2.31. The van der Waals surface area contributed by atoms with Gasteiger partial charge in [0.2, 0.25) is 0 Å². The topological polar surface area (TPSA) is 102 Å². The van der Waals surface area contributed by atoms with Crippen molar-refractivity contribution in [3.63, 3.8) is 0 Å². The normalized spacial score (nSPS) is 16.0. The molecule has 0 atom stereocenters. The number of halogens is 5. The number of sulfonamides is 1. The molecule has 7 nitrogen and oxygen atoms in total. The Morgan fingerprint density at radius 1 is 1.32 bits per heavy atom. The first-order valence-corrected chi connectivity index (χ1v) is 11.2. The third-order valence-corrected chi connectivity index (χ3v) is 6.65. The molecule has 1 aliphatic rings. The van der Waals surface area contributed by atoms with Crippen LogP contribution < -0.4 is 15.2 Å². The maximum Gasteiger partial charge on any atom is 0.511 e. The Labute approximate surface area is 190 Å². The predicted octanol–water partition coefficient (Wildman–Crippen LogP) is 3.47. The van der Waals surface area contributed by atoms with Crippen molar-refractivity contribution in [3.05, 3.63) is 22.7 Å². The summed E-state index contributed by atoms with van der Waals surface area (Å²) in [7, 11) is -3.86. The van der Waals surface area contributed by atoms with E-state index in [-0.39, 0.29) is 36.3 Å². The Hall–Kier alpha value is -1.27. The first-order valence-electron chi connectivity index (χ1n) is 9.39. The number of likely N-dealkylation sites (tertiary alicyclic amines) is 1. The molecule has 1 aromatic carbocycles. The fraction of sp³-hybridized carbons (Fsp3) is 0.611. The zero-order valence-corrected chi connectivity index (χ0v) is 19.3. The van der Waals surface area contributed by atoms with Crippen LogP contribution in [0.25, 0.3) is 0 Å². The molecule has 1 saturated heterocycles. The van der Waals surface area contributed by atoms with Gasteiger partial charge >= 0.3 is 15.5 Å². The number of nitrogens with one attached hydrogen (secondary N) is 1. The first kappa shape index (κ1) is 27.8. The molecule has 0 aliphatic carbocycles. The van der Waals surface area contributed by atoms with Crippen LogP contribution in [-0.2, 0) is 10.0 Å². The number of piperidine rings is 1. The molecule has 1 fully saturated rings. The molecule has 31 heavy (non-hydrogen) atoms. The summed E-state index contributed by atoms with van der Waals surface area (Å²) in [5.41, 5.74) is 1.14. The van der Waals surface area contributed by atoms with E-state index in [0.717, 1.165) is 12.8 Å². The van der Waals surface area contributed by atoms with E-state index in [9.17, 15) is 26.4 Å². The number of anilines is 1. The van der Waals surface area contributed by atoms with E-state index in [1.165, 1.54) is 19.2 Å². The van der Waals surface area contributed by atoms with Crippen molar-refractivity contribution in [1.29, 1.82) is 0 Å². The van der Waals surface area contributed by atoms with Gasteiger partial charge in [-0.3, -0.25) is 4.79 Å². The molecule has 178 valence electrons. The molecule has 0 amide bonds. The summed E-state index contributed by atoms with van der Waals surface area (Å²) in [6, 6.07) is 3.02. The molecule has 0 unspecified atom stereocenters. The summed E-state index contributed by atoms with van der Waals surface area (Å²) < 4.78 is 65.6. The molecule has 1 heterocycles. The minimum absolute atomic E-state index is 0. The molecule has 0 saturated carbocycles. The molecule has 1 aromatic rings. The third kappa shape index (κ3) is 7.67. The Morgan fingerprint density at radius 2 is 1.94 bits per heavy atom. The average molecular weight is 508 g/mol. The number of nitrogens with zero attached hydrogens (tertiary/aromatic N) is 1. The van der Waals surface area contributed by atoms with Crippen molar-refractivity contribution >= 4 is 45.5 Å². The smallest absolute Gasteiger partial charge is 0.496 e. The molecular formula is C18H26Cl2F3N3O4S. The van der Waals surface area contributed by atoms with E-state index in [4.69, 9.17) is 22.1 Å².